The van der Waals surface area contributed by atoms with Gasteiger partial charge in [-0.05, 0) is 44.7 Å². The first-order chi connectivity index (χ1) is 11.5. The van der Waals surface area contributed by atoms with Crippen molar-refractivity contribution in [3.63, 3.8) is 0 Å². The molecular formula is C18H32IN5O. The number of nitrogens with zero attached hydrogens (tertiary/aromatic N) is 2. The largest absolute Gasteiger partial charge is 0.357 e. The number of hydrogen-bond acceptors (Lipinski definition) is 3. The average molecular weight is 461 g/mol. The van der Waals surface area contributed by atoms with E-state index >= 15 is 0 Å². The minimum atomic E-state index is -0.0590. The quantitative estimate of drug-likeness (QED) is 0.228. The van der Waals surface area contributed by atoms with E-state index in [9.17, 15) is 4.79 Å². The van der Waals surface area contributed by atoms with E-state index in [1.807, 2.05) is 26.0 Å². The van der Waals surface area contributed by atoms with E-state index < -0.39 is 0 Å². The minimum Gasteiger partial charge on any atom is -0.357 e. The summed E-state index contributed by atoms with van der Waals surface area (Å²) in [5.41, 5.74) is 0.883. The van der Waals surface area contributed by atoms with Crippen LogP contribution in [0.15, 0.2) is 23.2 Å². The average Bonchev–Trinajstić information content (AvgIpc) is 2.51. The van der Waals surface area contributed by atoms with Crippen LogP contribution in [0.5, 0.6) is 0 Å². The fourth-order valence-electron chi connectivity index (χ4n) is 2.14. The summed E-state index contributed by atoms with van der Waals surface area (Å²) in [5.74, 6) is 2.00. The van der Waals surface area contributed by atoms with Crippen molar-refractivity contribution in [2.45, 2.75) is 47.0 Å². The van der Waals surface area contributed by atoms with Crippen LogP contribution in [0, 0.1) is 12.8 Å². The number of aliphatic imine (C=N–C) groups is 1. The van der Waals surface area contributed by atoms with Gasteiger partial charge in [0.1, 0.15) is 5.82 Å². The first kappa shape index (κ1) is 23.6. The third-order valence-corrected chi connectivity index (χ3v) is 3.35. The van der Waals surface area contributed by atoms with Crippen molar-refractivity contribution in [2.24, 2.45) is 10.9 Å². The van der Waals surface area contributed by atoms with Crippen molar-refractivity contribution in [3.05, 3.63) is 23.9 Å². The van der Waals surface area contributed by atoms with Gasteiger partial charge >= 0.3 is 0 Å². The Bertz CT molecular complexity index is 534. The molecule has 0 aliphatic carbocycles. The highest BCUT2D eigenvalue weighted by atomic mass is 127. The van der Waals surface area contributed by atoms with Crippen LogP contribution in [0.1, 0.15) is 45.7 Å². The predicted molar refractivity (Wildman–Crippen MR) is 116 cm³/mol. The van der Waals surface area contributed by atoms with Crippen LogP contribution in [-0.2, 0) is 4.79 Å². The Kier molecular flexibility index (Phi) is 13.1. The van der Waals surface area contributed by atoms with Crippen molar-refractivity contribution in [2.75, 3.05) is 25.0 Å². The van der Waals surface area contributed by atoms with Gasteiger partial charge < -0.3 is 16.0 Å². The zero-order chi connectivity index (χ0) is 17.8. The van der Waals surface area contributed by atoms with Gasteiger partial charge in [0.05, 0.1) is 0 Å². The van der Waals surface area contributed by atoms with Gasteiger partial charge in [0.25, 0.3) is 0 Å². The normalized spacial score (nSPS) is 11.0. The number of aromatic nitrogens is 1. The van der Waals surface area contributed by atoms with Crippen LogP contribution in [0.25, 0.3) is 0 Å². The molecule has 1 aromatic rings. The summed E-state index contributed by atoms with van der Waals surface area (Å²) < 4.78 is 0. The van der Waals surface area contributed by atoms with Gasteiger partial charge in [-0.3, -0.25) is 9.79 Å². The fourth-order valence-corrected chi connectivity index (χ4v) is 2.14. The second-order valence-corrected chi connectivity index (χ2v) is 6.19. The van der Waals surface area contributed by atoms with Gasteiger partial charge in [-0.2, -0.15) is 0 Å². The van der Waals surface area contributed by atoms with Crippen LogP contribution in [0.4, 0.5) is 5.82 Å². The van der Waals surface area contributed by atoms with Gasteiger partial charge in [-0.15, -0.1) is 24.0 Å². The van der Waals surface area contributed by atoms with Crippen molar-refractivity contribution < 1.29 is 4.79 Å². The summed E-state index contributed by atoms with van der Waals surface area (Å²) >= 11 is 0. The molecule has 0 aliphatic rings. The number of nitrogens with one attached hydrogen (secondary N) is 3. The molecule has 1 aromatic heterocycles. The Labute approximate surface area is 168 Å². The second kappa shape index (κ2) is 13.9. The molecule has 3 N–H and O–H groups in total. The van der Waals surface area contributed by atoms with Crippen LogP contribution in [0.2, 0.25) is 0 Å². The molecule has 1 heterocycles. The van der Waals surface area contributed by atoms with E-state index in [2.05, 4.69) is 39.8 Å². The van der Waals surface area contributed by atoms with E-state index in [0.717, 1.165) is 31.2 Å². The van der Waals surface area contributed by atoms with Crippen LogP contribution >= 0.6 is 24.0 Å². The lowest BCUT2D eigenvalue weighted by molar-refractivity contribution is -0.116. The molecular weight excluding hydrogens is 429 g/mol. The molecule has 0 radical (unpaired) electrons. The molecule has 25 heavy (non-hydrogen) atoms. The highest BCUT2D eigenvalue weighted by molar-refractivity contribution is 14.0. The molecule has 0 saturated heterocycles. The second-order valence-electron chi connectivity index (χ2n) is 6.19. The van der Waals surface area contributed by atoms with Crippen LogP contribution in [-0.4, -0.2) is 36.5 Å². The highest BCUT2D eigenvalue weighted by Crippen LogP contribution is 2.04. The lowest BCUT2D eigenvalue weighted by Gasteiger charge is -2.11. The fraction of sp³-hybridized carbons (Fsp3) is 0.611. The number of carbonyl (C=O) groups is 1. The van der Waals surface area contributed by atoms with Gasteiger partial charge in [-0.25, -0.2) is 4.98 Å². The van der Waals surface area contributed by atoms with Gasteiger partial charge in [0.2, 0.25) is 5.91 Å². The molecule has 0 unspecified atom stereocenters. The molecule has 0 spiro atoms. The molecule has 1 rings (SSSR count). The number of hydrogen-bond donors (Lipinski definition) is 3. The van der Waals surface area contributed by atoms with Gasteiger partial charge in [0, 0.05) is 31.7 Å². The summed E-state index contributed by atoms with van der Waals surface area (Å²) in [4.78, 5) is 20.7. The summed E-state index contributed by atoms with van der Waals surface area (Å²) in [7, 11) is 0. The van der Waals surface area contributed by atoms with E-state index in [-0.39, 0.29) is 29.9 Å². The number of aryl methyl sites for hydroxylation is 1. The molecule has 0 bridgehead atoms. The van der Waals surface area contributed by atoms with Crippen LogP contribution in [0.3, 0.4) is 0 Å². The monoisotopic (exact) mass is 461 g/mol. The molecule has 0 atom stereocenters. The zero-order valence-corrected chi connectivity index (χ0v) is 18.1. The zero-order valence-electron chi connectivity index (χ0n) is 15.8. The molecule has 1 amide bonds. The van der Waals surface area contributed by atoms with E-state index in [4.69, 9.17) is 0 Å². The summed E-state index contributed by atoms with van der Waals surface area (Å²) in [5, 5.41) is 9.19. The number of rotatable bonds is 9. The van der Waals surface area contributed by atoms with Gasteiger partial charge in [-0.1, -0.05) is 19.9 Å². The van der Waals surface area contributed by atoms with Crippen molar-refractivity contribution in [1.29, 1.82) is 0 Å². The Balaban J connectivity index is 0.00000576. The first-order valence-electron chi connectivity index (χ1n) is 8.77. The maximum atomic E-state index is 11.9. The van der Waals surface area contributed by atoms with Crippen LogP contribution < -0.4 is 16.0 Å². The minimum absolute atomic E-state index is 0. The van der Waals surface area contributed by atoms with E-state index in [1.54, 1.807) is 6.07 Å². The SMILES string of the molecule is CCNC(=NCCCC(C)C)NCCC(=O)Nc1cccc(C)n1.I. The van der Waals surface area contributed by atoms with Crippen molar-refractivity contribution in [1.82, 2.24) is 15.6 Å². The first-order valence-corrected chi connectivity index (χ1v) is 8.77. The molecule has 142 valence electrons. The van der Waals surface area contributed by atoms with Crippen molar-refractivity contribution in [3.8, 4) is 0 Å². The number of pyridine rings is 1. The number of anilines is 1. The Morgan fingerprint density at radius 1 is 1.28 bits per heavy atom. The maximum Gasteiger partial charge on any atom is 0.227 e. The lowest BCUT2D eigenvalue weighted by Crippen LogP contribution is -2.38. The Hall–Kier alpha value is -1.38. The highest BCUT2D eigenvalue weighted by Gasteiger charge is 2.04. The van der Waals surface area contributed by atoms with E-state index in [0.29, 0.717) is 24.7 Å². The molecule has 6 nitrogen and oxygen atoms in total. The molecule has 0 aromatic carbocycles. The van der Waals surface area contributed by atoms with Crippen molar-refractivity contribution >= 4 is 41.7 Å². The maximum absolute atomic E-state index is 11.9. The summed E-state index contributed by atoms with van der Waals surface area (Å²) in [6.07, 6.45) is 2.62. The Morgan fingerprint density at radius 2 is 2.04 bits per heavy atom. The summed E-state index contributed by atoms with van der Waals surface area (Å²) in [6.45, 7) is 10.5. The number of amides is 1. The number of carbonyl (C=O) groups excluding carboxylic acids is 1. The Morgan fingerprint density at radius 3 is 2.68 bits per heavy atom. The van der Waals surface area contributed by atoms with E-state index in [1.165, 1.54) is 6.42 Å². The summed E-state index contributed by atoms with van der Waals surface area (Å²) in [6, 6.07) is 5.57. The third-order valence-electron chi connectivity index (χ3n) is 3.35. The predicted octanol–water partition coefficient (Wildman–Crippen LogP) is 3.33. The van der Waals surface area contributed by atoms with Gasteiger partial charge in [0.15, 0.2) is 5.96 Å². The third kappa shape index (κ3) is 11.7. The topological polar surface area (TPSA) is 78.4 Å². The number of guanidine groups is 1. The smallest absolute Gasteiger partial charge is 0.227 e. The lowest BCUT2D eigenvalue weighted by atomic mass is 10.1. The number of halogens is 1. The molecule has 0 fully saturated rings. The molecule has 0 saturated carbocycles. The molecule has 0 aliphatic heterocycles. The standard InChI is InChI=1S/C18H31N5O.HI/c1-5-19-18(20-12-7-8-14(2)3)21-13-11-17(24)23-16-10-6-9-15(4)22-16;/h6,9-10,14H,5,7-8,11-13H2,1-4H3,(H2,19,20,21)(H,22,23,24);1H. The molecule has 7 heteroatoms.